The maximum Gasteiger partial charge on any atom is 0.246 e. The van der Waals surface area contributed by atoms with E-state index in [4.69, 9.17) is 30.8 Å². The summed E-state index contributed by atoms with van der Waals surface area (Å²) < 4.78 is 30.3. The third-order valence-corrected chi connectivity index (χ3v) is 18.3. The second kappa shape index (κ2) is 28.0. The Hall–Kier alpha value is -5.79. The molecule has 3 atom stereocenters. The fourth-order valence-corrected chi connectivity index (χ4v) is 13.2. The summed E-state index contributed by atoms with van der Waals surface area (Å²) in [6.07, 6.45) is 4.12. The molecule has 18 nitrogen and oxygen atoms in total. The standard InChI is InChI=1S/C60H79ClN9O9PS/c1-40-56(81-39-64-40)42-14-12-41(13-15-42)36-63-58(74)50-35-47(71)38-70(50)59(75)57(60(2,3)4)66-54(72)20-28-78-30-31-79-29-21-55(73)69-26-24-68(25-27-69)45-18-22-67(23-19-45)46-17-16-43(51(34-46)77-5)33-53-62-37-48(61)49(65-53)32-44-10-8-9-11-52(44)80(6,7)76/h8-17,34,37,39,45,47,50,57,71H,18-33,35-36,38H2,1-7H3,(H,63,74)(H,66,72)/t47-,50+,57-/m1/s1. The van der Waals surface area contributed by atoms with Gasteiger partial charge in [0.2, 0.25) is 23.6 Å². The highest BCUT2D eigenvalue weighted by molar-refractivity contribution is 7.70. The minimum absolute atomic E-state index is 0.00848. The highest BCUT2D eigenvalue weighted by Crippen LogP contribution is 2.37. The molecule has 0 aliphatic carbocycles. The molecular weight excluding hydrogens is 1090 g/mol. The van der Waals surface area contributed by atoms with Crippen LogP contribution in [0.4, 0.5) is 5.69 Å². The van der Waals surface area contributed by atoms with Crippen LogP contribution in [0.2, 0.25) is 5.02 Å². The number of rotatable bonds is 23. The zero-order valence-electron chi connectivity index (χ0n) is 47.8. The molecule has 0 bridgehead atoms. The van der Waals surface area contributed by atoms with Crippen molar-refractivity contribution in [3.63, 3.8) is 0 Å². The topological polar surface area (TPSA) is 209 Å². The number of nitrogens with zero attached hydrogens (tertiary/aromatic N) is 7. The Kier molecular flexibility index (Phi) is 21.2. The predicted octanol–water partition coefficient (Wildman–Crippen LogP) is 6.74. The Morgan fingerprint density at radius 1 is 0.877 bits per heavy atom. The number of aliphatic hydroxyl groups is 1. The van der Waals surface area contributed by atoms with Gasteiger partial charge >= 0.3 is 0 Å². The van der Waals surface area contributed by atoms with Crippen molar-refractivity contribution >= 4 is 64.7 Å². The maximum atomic E-state index is 14.0. The molecule has 3 saturated heterocycles. The normalized spacial score (nSPS) is 17.8. The number of carbonyl (C=O) groups is 4. The third-order valence-electron chi connectivity index (χ3n) is 15.4. The van der Waals surface area contributed by atoms with Crippen LogP contribution in [-0.2, 0) is 52.6 Å². The van der Waals surface area contributed by atoms with Crippen LogP contribution in [0, 0.1) is 12.3 Å². The number of anilines is 1. The van der Waals surface area contributed by atoms with Crippen LogP contribution in [0.3, 0.4) is 0 Å². The number of carbonyl (C=O) groups excluding carboxylic acids is 4. The summed E-state index contributed by atoms with van der Waals surface area (Å²) in [5.74, 6) is 0.302. The van der Waals surface area contributed by atoms with Crippen LogP contribution in [0.15, 0.2) is 78.4 Å². The minimum atomic E-state index is -2.49. The minimum Gasteiger partial charge on any atom is -0.496 e. The van der Waals surface area contributed by atoms with Crippen molar-refractivity contribution in [3.05, 3.63) is 117 Å². The van der Waals surface area contributed by atoms with Gasteiger partial charge in [-0.2, -0.15) is 0 Å². The predicted molar refractivity (Wildman–Crippen MR) is 317 cm³/mol. The molecule has 5 aromatic rings. The van der Waals surface area contributed by atoms with Gasteiger partial charge in [0.05, 0.1) is 72.9 Å². The van der Waals surface area contributed by atoms with E-state index in [1.165, 1.54) is 4.90 Å². The molecule has 3 aromatic carbocycles. The van der Waals surface area contributed by atoms with Gasteiger partial charge in [-0.25, -0.2) is 15.0 Å². The number of ether oxygens (including phenoxy) is 3. The van der Waals surface area contributed by atoms with Crippen LogP contribution in [0.5, 0.6) is 5.75 Å². The summed E-state index contributed by atoms with van der Waals surface area (Å²) in [6.45, 7) is 17.0. The zero-order chi connectivity index (χ0) is 57.8. The van der Waals surface area contributed by atoms with Crippen LogP contribution in [-0.4, -0.2) is 175 Å². The van der Waals surface area contributed by atoms with E-state index in [-0.39, 0.29) is 76.5 Å². The lowest BCUT2D eigenvalue weighted by molar-refractivity contribution is -0.144. The molecule has 21 heteroatoms. The van der Waals surface area contributed by atoms with Crippen molar-refractivity contribution in [2.45, 2.75) is 103 Å². The Morgan fingerprint density at radius 3 is 2.25 bits per heavy atom. The lowest BCUT2D eigenvalue weighted by Crippen LogP contribution is -2.57. The van der Waals surface area contributed by atoms with Gasteiger partial charge in [0.1, 0.15) is 30.8 Å². The van der Waals surface area contributed by atoms with Crippen molar-refractivity contribution in [1.29, 1.82) is 0 Å². The van der Waals surface area contributed by atoms with Gasteiger partial charge in [-0.05, 0) is 61.3 Å². The fraction of sp³-hybridized carbons (Fsp3) is 0.517. The molecule has 4 amide bonds. The summed E-state index contributed by atoms with van der Waals surface area (Å²) in [4.78, 5) is 76.9. The molecule has 2 aromatic heterocycles. The number of amides is 4. The first-order chi connectivity index (χ1) is 38.7. The number of hydrogen-bond acceptors (Lipinski definition) is 15. The summed E-state index contributed by atoms with van der Waals surface area (Å²) in [6, 6.07) is 20.6. The summed E-state index contributed by atoms with van der Waals surface area (Å²) in [5.41, 5.74) is 7.75. The fourth-order valence-electron chi connectivity index (χ4n) is 10.9. The van der Waals surface area contributed by atoms with E-state index in [9.17, 15) is 28.8 Å². The average molecular weight is 1170 g/mol. The van der Waals surface area contributed by atoms with E-state index < -0.39 is 36.7 Å². The van der Waals surface area contributed by atoms with E-state index in [2.05, 4.69) is 48.6 Å². The Morgan fingerprint density at radius 2 is 1.58 bits per heavy atom. The van der Waals surface area contributed by atoms with E-state index in [0.717, 1.165) is 88.6 Å². The molecule has 0 unspecified atom stereocenters. The zero-order valence-corrected chi connectivity index (χ0v) is 50.3. The lowest BCUT2D eigenvalue weighted by atomic mass is 9.85. The SMILES string of the molecule is COc1cc(N2CCC(N3CCN(C(=O)CCOCCOCCC(=O)N[C@H](C(=O)N4C[C@H](O)C[C@H]4C(=O)NCc4ccc(-c5scnc5C)cc4)C(C)(C)C)CC3)CC2)ccc1Cc1ncc(Cl)c(Cc2ccccc2P(C)(C)=O)n1. The number of β-amino-alcohol motifs (C(OH)–C–C–N with tert-alkyl or cyclic N) is 1. The third kappa shape index (κ3) is 16.5. The molecule has 5 heterocycles. The number of benzene rings is 3. The van der Waals surface area contributed by atoms with Gasteiger partial charge in [-0.3, -0.25) is 24.1 Å². The Balaban J connectivity index is 0.694. The molecule has 8 rings (SSSR count). The molecular formula is C60H79ClN9O9PS. The molecule has 3 aliphatic rings. The first-order valence-corrected chi connectivity index (χ1v) is 31.9. The molecule has 0 spiro atoms. The molecule has 3 fully saturated rings. The number of aromatic nitrogens is 3. The largest absolute Gasteiger partial charge is 0.496 e. The quantitative estimate of drug-likeness (QED) is 0.0458. The summed E-state index contributed by atoms with van der Waals surface area (Å²) >= 11 is 8.16. The van der Waals surface area contributed by atoms with Crippen LogP contribution >= 0.6 is 30.1 Å². The van der Waals surface area contributed by atoms with Gasteiger partial charge in [0.25, 0.3) is 0 Å². The van der Waals surface area contributed by atoms with Crippen LogP contribution < -0.4 is 25.6 Å². The molecule has 0 saturated carbocycles. The van der Waals surface area contributed by atoms with E-state index in [0.29, 0.717) is 48.5 Å². The van der Waals surface area contributed by atoms with Gasteiger partial charge in [0.15, 0.2) is 0 Å². The molecule has 81 heavy (non-hydrogen) atoms. The van der Waals surface area contributed by atoms with Crippen molar-refractivity contribution in [1.82, 2.24) is 40.3 Å². The van der Waals surface area contributed by atoms with Gasteiger partial charge in [-0.1, -0.05) is 87.0 Å². The van der Waals surface area contributed by atoms with Crippen molar-refractivity contribution in [3.8, 4) is 16.2 Å². The second-order valence-electron chi connectivity index (χ2n) is 22.7. The van der Waals surface area contributed by atoms with Crippen LogP contribution in [0.25, 0.3) is 10.4 Å². The Labute approximate surface area is 485 Å². The van der Waals surface area contributed by atoms with Crippen molar-refractivity contribution < 1.29 is 43.1 Å². The average Bonchev–Trinajstić information content (AvgIpc) is 4.10. The van der Waals surface area contributed by atoms with Gasteiger partial charge in [-0.15, -0.1) is 11.3 Å². The molecule has 3 aliphatic heterocycles. The number of piperidine rings is 1. The number of nitrogens with one attached hydrogen (secondary N) is 2. The first-order valence-electron chi connectivity index (χ1n) is 28.0. The molecule has 3 N–H and O–H groups in total. The molecule has 436 valence electrons. The Bertz CT molecular complexity index is 3010. The van der Waals surface area contributed by atoms with Crippen LogP contribution in [0.1, 0.15) is 86.8 Å². The smallest absolute Gasteiger partial charge is 0.246 e. The maximum absolute atomic E-state index is 14.0. The monoisotopic (exact) mass is 1170 g/mol. The lowest BCUT2D eigenvalue weighted by Gasteiger charge is -2.43. The van der Waals surface area contributed by atoms with Crippen molar-refractivity contribution in [2.75, 3.05) is 97.6 Å². The highest BCUT2D eigenvalue weighted by Gasteiger charge is 2.44. The number of likely N-dealkylation sites (tertiary alicyclic amines) is 1. The number of aryl methyl sites for hydroxylation is 1. The first kappa shape index (κ1) is 61.3. The number of thiazole rings is 1. The van der Waals surface area contributed by atoms with E-state index in [1.807, 2.05) is 86.6 Å². The summed E-state index contributed by atoms with van der Waals surface area (Å²) in [7, 11) is -0.810. The number of piperazine rings is 1. The number of methoxy groups -OCH3 is 1. The number of aliphatic hydroxyl groups excluding tert-OH is 1. The van der Waals surface area contributed by atoms with Gasteiger partial charge in [0, 0.05) is 113 Å². The van der Waals surface area contributed by atoms with E-state index >= 15 is 0 Å². The van der Waals surface area contributed by atoms with E-state index in [1.54, 1.807) is 38.0 Å². The number of hydrogen-bond donors (Lipinski definition) is 3. The highest BCUT2D eigenvalue weighted by atomic mass is 35.5. The second-order valence-corrected chi connectivity index (χ2v) is 27.2. The molecule has 0 radical (unpaired) electrons. The number of halogens is 1. The van der Waals surface area contributed by atoms with Gasteiger partial charge < -0.3 is 49.2 Å². The van der Waals surface area contributed by atoms with Crippen molar-refractivity contribution in [2.24, 2.45) is 5.41 Å². The summed E-state index contributed by atoms with van der Waals surface area (Å²) in [5, 5.41) is 17.7.